The maximum Gasteiger partial charge on any atom is 2.00 e. The Hall–Kier alpha value is -0.974. The van der Waals surface area contributed by atoms with Gasteiger partial charge < -0.3 is 9.11 Å². The molecule has 0 radical (unpaired) electrons. The molecule has 2 rings (SSSR count). The summed E-state index contributed by atoms with van der Waals surface area (Å²) in [5.74, 6) is 0. The van der Waals surface area contributed by atoms with E-state index in [0.717, 1.165) is 36.8 Å². The molecule has 9 heteroatoms. The largest absolute Gasteiger partial charge is 2.00 e. The van der Waals surface area contributed by atoms with Crippen LogP contribution < -0.4 is 0 Å². The quantitative estimate of drug-likeness (QED) is 0.0370. The van der Waals surface area contributed by atoms with Crippen LogP contribution in [0.15, 0.2) is 58.3 Å². The van der Waals surface area contributed by atoms with E-state index in [1.165, 1.54) is 345 Å². The summed E-state index contributed by atoms with van der Waals surface area (Å²) in [7, 11) is -8.66. The maximum atomic E-state index is 11.0. The molecule has 0 amide bonds. The molecule has 0 atom stereocenters. The standard InChI is InChI=1S/2C34H62O3S.Mg/c2*1-2-3-4-5-6-7-8-9-10-11-12-13-14-15-16-17-18-19-20-21-22-23-24-25-26-27-28-33-29-31-34(32-30-33)38(35,36)37;/h2*29-32H,2-28H2,1H3,(H,35,36,37);/q;;+2/p-2. The minimum absolute atomic E-state index is 0. The van der Waals surface area contributed by atoms with Crippen LogP contribution in [0.5, 0.6) is 0 Å². The molecule has 0 spiro atoms. The van der Waals surface area contributed by atoms with Crippen LogP contribution in [-0.4, -0.2) is 49.0 Å². The van der Waals surface area contributed by atoms with Crippen molar-refractivity contribution in [2.45, 2.75) is 370 Å². The van der Waals surface area contributed by atoms with Gasteiger partial charge >= 0.3 is 23.1 Å². The summed E-state index contributed by atoms with van der Waals surface area (Å²) >= 11 is 0. The van der Waals surface area contributed by atoms with Crippen molar-refractivity contribution in [2.75, 3.05) is 0 Å². The Morgan fingerprint density at radius 3 is 0.494 bits per heavy atom. The number of hydrogen-bond acceptors (Lipinski definition) is 6. The Bertz CT molecular complexity index is 1590. The molecule has 0 fully saturated rings. The number of unbranched alkanes of at least 4 members (excludes halogenated alkanes) is 50. The van der Waals surface area contributed by atoms with Gasteiger partial charge in [-0.3, -0.25) is 0 Å². The first-order valence-corrected chi connectivity index (χ1v) is 36.0. The Morgan fingerprint density at radius 2 is 0.364 bits per heavy atom. The summed E-state index contributed by atoms with van der Waals surface area (Å²) in [5, 5.41) is 0. The van der Waals surface area contributed by atoms with Gasteiger partial charge in [0.25, 0.3) is 0 Å². The van der Waals surface area contributed by atoms with Crippen LogP contribution in [0.3, 0.4) is 0 Å². The molecule has 444 valence electrons. The zero-order chi connectivity index (χ0) is 55.2. The van der Waals surface area contributed by atoms with Gasteiger partial charge in [0, 0.05) is 0 Å². The number of aryl methyl sites for hydroxylation is 2. The first-order chi connectivity index (χ1) is 37.1. The predicted molar refractivity (Wildman–Crippen MR) is 333 cm³/mol. The molecule has 2 aromatic carbocycles. The van der Waals surface area contributed by atoms with Crippen LogP contribution >= 0.6 is 0 Å². The number of benzene rings is 2. The second-order valence-corrected chi connectivity index (χ2v) is 26.1. The summed E-state index contributed by atoms with van der Waals surface area (Å²) in [4.78, 5) is -0.266. The smallest absolute Gasteiger partial charge is 0.744 e. The average molecular weight is 1120 g/mol. The van der Waals surface area contributed by atoms with Crippen LogP contribution in [0.4, 0.5) is 0 Å². The van der Waals surface area contributed by atoms with E-state index in [0.29, 0.717) is 0 Å². The van der Waals surface area contributed by atoms with Crippen molar-refractivity contribution in [1.82, 2.24) is 0 Å². The van der Waals surface area contributed by atoms with Crippen molar-refractivity contribution in [2.24, 2.45) is 0 Å². The fourth-order valence-corrected chi connectivity index (χ4v) is 11.9. The fraction of sp³-hybridized carbons (Fsp3) is 0.824. The first-order valence-electron chi connectivity index (χ1n) is 33.2. The van der Waals surface area contributed by atoms with Gasteiger partial charge in [0.15, 0.2) is 0 Å². The third kappa shape index (κ3) is 52.8. The molecule has 0 N–H and O–H groups in total. The van der Waals surface area contributed by atoms with Gasteiger partial charge in [-0.05, 0) is 61.1 Å². The van der Waals surface area contributed by atoms with Gasteiger partial charge in [0.2, 0.25) is 0 Å². The predicted octanol–water partition coefficient (Wildman–Crippen LogP) is 22.2. The molecule has 0 aliphatic rings. The van der Waals surface area contributed by atoms with Crippen molar-refractivity contribution >= 4 is 43.3 Å². The average Bonchev–Trinajstić information content (AvgIpc) is 3.40. The third-order valence-electron chi connectivity index (χ3n) is 16.1. The molecule has 0 aliphatic heterocycles. The van der Waals surface area contributed by atoms with Gasteiger partial charge in [-0.1, -0.05) is 359 Å². The molecular formula is C68H122MgO6S2. The molecule has 0 saturated heterocycles. The molecular weight excluding hydrogens is 1000 g/mol. The molecule has 77 heavy (non-hydrogen) atoms. The Balaban J connectivity index is 0.00000148. The molecule has 0 aromatic heterocycles. The first kappa shape index (κ1) is 76.0. The van der Waals surface area contributed by atoms with Crippen molar-refractivity contribution in [3.63, 3.8) is 0 Å². The summed E-state index contributed by atoms with van der Waals surface area (Å²) in [6.45, 7) is 4.59. The van der Waals surface area contributed by atoms with Crippen molar-refractivity contribution in [1.29, 1.82) is 0 Å². The molecule has 0 bridgehead atoms. The van der Waals surface area contributed by atoms with E-state index in [1.54, 1.807) is 24.3 Å². The second kappa shape index (κ2) is 56.9. The molecule has 0 saturated carbocycles. The van der Waals surface area contributed by atoms with Crippen molar-refractivity contribution < 1.29 is 25.9 Å². The van der Waals surface area contributed by atoms with E-state index in [4.69, 9.17) is 0 Å². The monoisotopic (exact) mass is 1120 g/mol. The minimum atomic E-state index is -4.33. The summed E-state index contributed by atoms with van der Waals surface area (Å²) in [6, 6.07) is 12.8. The second-order valence-electron chi connectivity index (χ2n) is 23.4. The van der Waals surface area contributed by atoms with E-state index in [2.05, 4.69) is 13.8 Å². The summed E-state index contributed by atoms with van der Waals surface area (Å²) in [5.41, 5.74) is 2.23. The normalized spacial score (nSPS) is 11.7. The van der Waals surface area contributed by atoms with Crippen molar-refractivity contribution in [3.8, 4) is 0 Å². The van der Waals surface area contributed by atoms with E-state index in [1.807, 2.05) is 0 Å². The number of rotatable bonds is 56. The van der Waals surface area contributed by atoms with E-state index < -0.39 is 20.2 Å². The van der Waals surface area contributed by atoms with Gasteiger partial charge in [0.1, 0.15) is 20.2 Å². The minimum Gasteiger partial charge on any atom is -0.744 e. The summed E-state index contributed by atoms with van der Waals surface area (Å²) < 4.78 is 65.8. The van der Waals surface area contributed by atoms with Gasteiger partial charge in [-0.15, -0.1) is 0 Å². The summed E-state index contributed by atoms with van der Waals surface area (Å²) in [6.07, 6.45) is 75.0. The van der Waals surface area contributed by atoms with Crippen LogP contribution in [0.2, 0.25) is 0 Å². The topological polar surface area (TPSA) is 114 Å². The fourth-order valence-electron chi connectivity index (χ4n) is 10.9. The Labute approximate surface area is 495 Å². The van der Waals surface area contributed by atoms with E-state index >= 15 is 0 Å². The van der Waals surface area contributed by atoms with E-state index in [9.17, 15) is 25.9 Å². The Kier molecular flexibility index (Phi) is 56.2. The SMILES string of the molecule is CCCCCCCCCCCCCCCCCCCCCCCCCCCCc1ccc(S(=O)(=O)[O-])cc1.CCCCCCCCCCCCCCCCCCCCCCCCCCCCc1ccc(S(=O)(=O)[O-])cc1.[Mg+2]. The zero-order valence-corrected chi connectivity index (χ0v) is 53.8. The molecule has 6 nitrogen and oxygen atoms in total. The maximum absolute atomic E-state index is 11.0. The van der Waals surface area contributed by atoms with E-state index in [-0.39, 0.29) is 32.8 Å². The zero-order valence-electron chi connectivity index (χ0n) is 50.8. The van der Waals surface area contributed by atoms with Gasteiger partial charge in [0.05, 0.1) is 9.79 Å². The molecule has 0 heterocycles. The molecule has 2 aromatic rings. The Morgan fingerprint density at radius 1 is 0.234 bits per heavy atom. The van der Waals surface area contributed by atoms with Gasteiger partial charge in [-0.2, -0.15) is 0 Å². The molecule has 0 unspecified atom stereocenters. The van der Waals surface area contributed by atoms with Crippen LogP contribution in [0.25, 0.3) is 0 Å². The molecule has 0 aliphatic carbocycles. The van der Waals surface area contributed by atoms with Gasteiger partial charge in [-0.25, -0.2) is 16.8 Å². The van der Waals surface area contributed by atoms with Crippen LogP contribution in [0, 0.1) is 0 Å². The van der Waals surface area contributed by atoms with Crippen molar-refractivity contribution in [3.05, 3.63) is 59.7 Å². The van der Waals surface area contributed by atoms with Crippen LogP contribution in [-0.2, 0) is 33.1 Å². The van der Waals surface area contributed by atoms with Crippen LogP contribution in [0.1, 0.15) is 359 Å². The number of hydrogen-bond donors (Lipinski definition) is 0. The third-order valence-corrected chi connectivity index (χ3v) is 17.8.